The molecule has 1 N–H and O–H groups in total. The minimum Gasteiger partial charge on any atom is -0.447 e. The molecule has 1 aromatic carbocycles. The molecule has 1 atom stereocenters. The zero-order valence-corrected chi connectivity index (χ0v) is 12.7. The maximum absolute atomic E-state index is 12.3. The minimum absolute atomic E-state index is 0.128. The van der Waals surface area contributed by atoms with Crippen LogP contribution in [0.25, 0.3) is 0 Å². The summed E-state index contributed by atoms with van der Waals surface area (Å²) in [5.41, 5.74) is 1.62. The van der Waals surface area contributed by atoms with Gasteiger partial charge in [-0.25, -0.2) is 4.79 Å². The molecule has 2 heterocycles. The summed E-state index contributed by atoms with van der Waals surface area (Å²) < 4.78 is 4.95. The lowest BCUT2D eigenvalue weighted by molar-refractivity contribution is -0.130. The van der Waals surface area contributed by atoms with Crippen LogP contribution in [-0.4, -0.2) is 49.2 Å². The Morgan fingerprint density at radius 1 is 1.27 bits per heavy atom. The number of hydrogen-bond acceptors (Lipinski definition) is 4. The summed E-state index contributed by atoms with van der Waals surface area (Å²) in [6.07, 6.45) is 1.86. The quantitative estimate of drug-likeness (QED) is 0.925. The number of benzene rings is 1. The predicted molar refractivity (Wildman–Crippen MR) is 84.0 cm³/mol. The number of carbonyl (C=O) groups excluding carboxylic acids is 2. The van der Waals surface area contributed by atoms with Gasteiger partial charge in [-0.05, 0) is 38.0 Å². The predicted octanol–water partition coefficient (Wildman–Crippen LogP) is 2.07. The van der Waals surface area contributed by atoms with Gasteiger partial charge in [-0.3, -0.25) is 9.69 Å². The van der Waals surface area contributed by atoms with Crippen LogP contribution >= 0.6 is 0 Å². The standard InChI is InChI=1S/C16H21N3O3/c1-12(15(20)18-7-2-3-8-18)17-13-5-4-6-14(11-13)19-9-10-22-16(19)21/h4-6,11-12,17H,2-3,7-10H2,1H3/t12-/m0/s1. The van der Waals surface area contributed by atoms with E-state index in [-0.39, 0.29) is 18.0 Å². The normalized spacial score (nSPS) is 19.2. The molecular formula is C16H21N3O3. The van der Waals surface area contributed by atoms with Crippen molar-refractivity contribution in [3.63, 3.8) is 0 Å². The minimum atomic E-state index is -0.321. The fourth-order valence-electron chi connectivity index (χ4n) is 2.91. The highest BCUT2D eigenvalue weighted by Crippen LogP contribution is 2.23. The molecule has 22 heavy (non-hydrogen) atoms. The van der Waals surface area contributed by atoms with Gasteiger partial charge >= 0.3 is 6.09 Å². The molecular weight excluding hydrogens is 282 g/mol. The zero-order valence-electron chi connectivity index (χ0n) is 12.7. The Kier molecular flexibility index (Phi) is 4.18. The number of carbonyl (C=O) groups is 2. The summed E-state index contributed by atoms with van der Waals surface area (Å²) in [4.78, 5) is 27.4. The van der Waals surface area contributed by atoms with Gasteiger partial charge < -0.3 is 15.0 Å². The van der Waals surface area contributed by atoms with E-state index >= 15 is 0 Å². The SMILES string of the molecule is C[C@H](Nc1cccc(N2CCOC2=O)c1)C(=O)N1CCCC1. The van der Waals surface area contributed by atoms with E-state index in [4.69, 9.17) is 4.74 Å². The van der Waals surface area contributed by atoms with E-state index in [0.29, 0.717) is 13.2 Å². The Morgan fingerprint density at radius 2 is 2.05 bits per heavy atom. The average Bonchev–Trinajstić information content (AvgIpc) is 3.18. The second kappa shape index (κ2) is 6.25. The molecule has 0 aromatic heterocycles. The molecule has 2 aliphatic rings. The molecule has 1 aromatic rings. The number of anilines is 2. The third-order valence-corrected chi connectivity index (χ3v) is 4.09. The molecule has 3 rings (SSSR count). The molecule has 2 fully saturated rings. The van der Waals surface area contributed by atoms with Crippen molar-refractivity contribution < 1.29 is 14.3 Å². The van der Waals surface area contributed by atoms with Crippen LogP contribution in [0.1, 0.15) is 19.8 Å². The number of nitrogens with zero attached hydrogens (tertiary/aromatic N) is 2. The molecule has 2 aliphatic heterocycles. The van der Waals surface area contributed by atoms with Crippen LogP contribution < -0.4 is 10.2 Å². The maximum atomic E-state index is 12.3. The topological polar surface area (TPSA) is 61.9 Å². The van der Waals surface area contributed by atoms with Crippen LogP contribution in [0.5, 0.6) is 0 Å². The molecule has 6 heteroatoms. The molecule has 2 amide bonds. The maximum Gasteiger partial charge on any atom is 0.414 e. The molecule has 6 nitrogen and oxygen atoms in total. The summed E-state index contributed by atoms with van der Waals surface area (Å²) in [5, 5.41) is 3.23. The fourth-order valence-corrected chi connectivity index (χ4v) is 2.91. The van der Waals surface area contributed by atoms with Crippen LogP contribution in [-0.2, 0) is 9.53 Å². The van der Waals surface area contributed by atoms with E-state index in [0.717, 1.165) is 37.3 Å². The van der Waals surface area contributed by atoms with Crippen molar-refractivity contribution in [1.29, 1.82) is 0 Å². The summed E-state index contributed by atoms with van der Waals surface area (Å²) in [7, 11) is 0. The molecule has 2 saturated heterocycles. The van der Waals surface area contributed by atoms with Gasteiger partial charge in [0.15, 0.2) is 0 Å². The van der Waals surface area contributed by atoms with E-state index in [9.17, 15) is 9.59 Å². The lowest BCUT2D eigenvalue weighted by Crippen LogP contribution is -2.39. The molecule has 0 bridgehead atoms. The van der Waals surface area contributed by atoms with Crippen molar-refractivity contribution in [3.05, 3.63) is 24.3 Å². The molecule has 118 valence electrons. The monoisotopic (exact) mass is 303 g/mol. The van der Waals surface area contributed by atoms with Crippen molar-refractivity contribution in [3.8, 4) is 0 Å². The van der Waals surface area contributed by atoms with Gasteiger partial charge in [0.25, 0.3) is 0 Å². The van der Waals surface area contributed by atoms with Gasteiger partial charge in [0.1, 0.15) is 12.6 Å². The van der Waals surface area contributed by atoms with E-state index in [1.165, 1.54) is 0 Å². The second-order valence-corrected chi connectivity index (χ2v) is 5.71. The van der Waals surface area contributed by atoms with Gasteiger partial charge in [0.05, 0.1) is 6.54 Å². The zero-order chi connectivity index (χ0) is 15.5. The smallest absolute Gasteiger partial charge is 0.414 e. The van der Waals surface area contributed by atoms with Gasteiger partial charge in [0.2, 0.25) is 5.91 Å². The van der Waals surface area contributed by atoms with E-state index in [1.807, 2.05) is 36.1 Å². The number of likely N-dealkylation sites (tertiary alicyclic amines) is 1. The first-order valence-electron chi connectivity index (χ1n) is 7.75. The van der Waals surface area contributed by atoms with Gasteiger partial charge in [-0.2, -0.15) is 0 Å². The van der Waals surface area contributed by atoms with E-state index in [2.05, 4.69) is 5.32 Å². The van der Waals surface area contributed by atoms with Crippen molar-refractivity contribution in [2.75, 3.05) is 36.5 Å². The Bertz CT molecular complexity index is 570. The number of hydrogen-bond donors (Lipinski definition) is 1. The first-order valence-corrected chi connectivity index (χ1v) is 7.75. The lowest BCUT2D eigenvalue weighted by atomic mass is 10.2. The lowest BCUT2D eigenvalue weighted by Gasteiger charge is -2.22. The highest BCUT2D eigenvalue weighted by atomic mass is 16.6. The number of ether oxygens (including phenoxy) is 1. The second-order valence-electron chi connectivity index (χ2n) is 5.71. The van der Waals surface area contributed by atoms with Gasteiger partial charge in [-0.1, -0.05) is 6.07 Å². The van der Waals surface area contributed by atoms with E-state index in [1.54, 1.807) is 4.90 Å². The summed E-state index contributed by atoms with van der Waals surface area (Å²) in [6, 6.07) is 7.24. The third kappa shape index (κ3) is 3.00. The van der Waals surface area contributed by atoms with E-state index < -0.39 is 0 Å². The number of rotatable bonds is 4. The van der Waals surface area contributed by atoms with Crippen LogP contribution in [0.15, 0.2) is 24.3 Å². The summed E-state index contributed by atoms with van der Waals surface area (Å²) in [6.45, 7) is 4.55. The molecule has 0 saturated carbocycles. The first-order chi connectivity index (χ1) is 10.6. The Balaban J connectivity index is 1.67. The van der Waals surface area contributed by atoms with Crippen LogP contribution in [0.4, 0.5) is 16.2 Å². The molecule has 0 radical (unpaired) electrons. The van der Waals surface area contributed by atoms with Crippen molar-refractivity contribution in [2.24, 2.45) is 0 Å². The third-order valence-electron chi connectivity index (χ3n) is 4.09. The number of cyclic esters (lactones) is 1. The molecule has 0 aliphatic carbocycles. The van der Waals surface area contributed by atoms with Crippen LogP contribution in [0.3, 0.4) is 0 Å². The highest BCUT2D eigenvalue weighted by Gasteiger charge is 2.25. The molecule has 0 unspecified atom stereocenters. The van der Waals surface area contributed by atoms with Crippen molar-refractivity contribution in [1.82, 2.24) is 4.90 Å². The Hall–Kier alpha value is -2.24. The Labute approximate surface area is 130 Å². The number of amides is 2. The van der Waals surface area contributed by atoms with Crippen molar-refractivity contribution in [2.45, 2.75) is 25.8 Å². The van der Waals surface area contributed by atoms with Gasteiger partial charge in [0, 0.05) is 24.5 Å². The largest absolute Gasteiger partial charge is 0.447 e. The molecule has 0 spiro atoms. The van der Waals surface area contributed by atoms with Crippen LogP contribution in [0.2, 0.25) is 0 Å². The highest BCUT2D eigenvalue weighted by molar-refractivity contribution is 5.90. The average molecular weight is 303 g/mol. The van der Waals surface area contributed by atoms with Crippen LogP contribution in [0, 0.1) is 0 Å². The van der Waals surface area contributed by atoms with Gasteiger partial charge in [-0.15, -0.1) is 0 Å². The Morgan fingerprint density at radius 3 is 2.73 bits per heavy atom. The first kappa shape index (κ1) is 14.7. The van der Waals surface area contributed by atoms with Crippen molar-refractivity contribution >= 4 is 23.4 Å². The summed E-state index contributed by atoms with van der Waals surface area (Å²) >= 11 is 0. The fraction of sp³-hybridized carbons (Fsp3) is 0.500. The summed E-state index contributed by atoms with van der Waals surface area (Å²) in [5.74, 6) is 0.128. The number of nitrogens with one attached hydrogen (secondary N) is 1.